The summed E-state index contributed by atoms with van der Waals surface area (Å²) in [7, 11) is -3.66. The van der Waals surface area contributed by atoms with Gasteiger partial charge in [0.2, 0.25) is 10.0 Å². The SMILES string of the molecule is O=S(=O)(Cc1cccc(F)c1)Nc1nc(-c2cccnc2)cs1. The molecule has 0 saturated carbocycles. The van der Waals surface area contributed by atoms with Gasteiger partial charge in [0.15, 0.2) is 5.13 Å². The van der Waals surface area contributed by atoms with Crippen LogP contribution in [0.5, 0.6) is 0 Å². The predicted molar refractivity (Wildman–Crippen MR) is 88.0 cm³/mol. The minimum absolute atomic E-state index is 0.264. The molecule has 2 aromatic heterocycles. The molecule has 3 rings (SSSR count). The van der Waals surface area contributed by atoms with Gasteiger partial charge >= 0.3 is 0 Å². The number of anilines is 1. The van der Waals surface area contributed by atoms with E-state index in [-0.39, 0.29) is 10.9 Å². The number of hydrogen-bond acceptors (Lipinski definition) is 5. The van der Waals surface area contributed by atoms with Crippen LogP contribution in [0, 0.1) is 5.82 Å². The topological polar surface area (TPSA) is 72.0 Å². The second-order valence-corrected chi connectivity index (χ2v) is 7.35. The van der Waals surface area contributed by atoms with Gasteiger partial charge < -0.3 is 0 Å². The van der Waals surface area contributed by atoms with Crippen LogP contribution in [0.2, 0.25) is 0 Å². The number of aromatic nitrogens is 2. The molecule has 0 radical (unpaired) electrons. The predicted octanol–water partition coefficient (Wildman–Crippen LogP) is 3.29. The second-order valence-electron chi connectivity index (χ2n) is 4.77. The van der Waals surface area contributed by atoms with E-state index in [1.807, 2.05) is 6.07 Å². The molecule has 5 nitrogen and oxygen atoms in total. The van der Waals surface area contributed by atoms with E-state index in [1.54, 1.807) is 29.9 Å². The van der Waals surface area contributed by atoms with E-state index in [0.29, 0.717) is 11.3 Å². The van der Waals surface area contributed by atoms with Crippen LogP contribution in [0.25, 0.3) is 11.3 Å². The molecule has 2 heterocycles. The fourth-order valence-corrected chi connectivity index (χ4v) is 4.12. The Morgan fingerprint density at radius 2 is 2.09 bits per heavy atom. The maximum Gasteiger partial charge on any atom is 0.238 e. The second kappa shape index (κ2) is 6.43. The highest BCUT2D eigenvalue weighted by Gasteiger charge is 2.15. The molecule has 0 aliphatic rings. The minimum Gasteiger partial charge on any atom is -0.264 e. The number of nitrogens with zero attached hydrogens (tertiary/aromatic N) is 2. The van der Waals surface area contributed by atoms with E-state index in [2.05, 4.69) is 14.7 Å². The van der Waals surface area contributed by atoms with Crippen LogP contribution >= 0.6 is 11.3 Å². The van der Waals surface area contributed by atoms with Crippen LogP contribution in [0.15, 0.2) is 54.2 Å². The molecular weight excluding hydrogens is 337 g/mol. The molecule has 118 valence electrons. The van der Waals surface area contributed by atoms with Gasteiger partial charge in [0.1, 0.15) is 5.82 Å². The molecule has 1 N–H and O–H groups in total. The normalized spacial score (nSPS) is 11.3. The van der Waals surface area contributed by atoms with Crippen LogP contribution in [-0.4, -0.2) is 18.4 Å². The van der Waals surface area contributed by atoms with Gasteiger partial charge in [-0.1, -0.05) is 12.1 Å². The standard InChI is InChI=1S/C15H12FN3O2S2/c16-13-5-1-3-11(7-13)10-23(20,21)19-15-18-14(9-22-15)12-4-2-6-17-8-12/h1-9H,10H2,(H,18,19). The zero-order valence-corrected chi connectivity index (χ0v) is 13.4. The lowest BCUT2D eigenvalue weighted by Gasteiger charge is -2.05. The Morgan fingerprint density at radius 3 is 2.83 bits per heavy atom. The maximum atomic E-state index is 13.1. The zero-order chi connectivity index (χ0) is 16.3. The van der Waals surface area contributed by atoms with E-state index in [4.69, 9.17) is 0 Å². The van der Waals surface area contributed by atoms with Crippen LogP contribution < -0.4 is 4.72 Å². The molecule has 23 heavy (non-hydrogen) atoms. The zero-order valence-electron chi connectivity index (χ0n) is 11.8. The van der Waals surface area contributed by atoms with E-state index in [0.717, 1.165) is 5.56 Å². The lowest BCUT2D eigenvalue weighted by atomic mass is 10.2. The van der Waals surface area contributed by atoms with Crippen molar-refractivity contribution in [1.82, 2.24) is 9.97 Å². The molecular formula is C15H12FN3O2S2. The van der Waals surface area contributed by atoms with Crippen molar-refractivity contribution in [2.75, 3.05) is 4.72 Å². The molecule has 0 unspecified atom stereocenters. The molecule has 0 fully saturated rings. The van der Waals surface area contributed by atoms with Gasteiger partial charge in [0.05, 0.1) is 11.4 Å². The summed E-state index contributed by atoms with van der Waals surface area (Å²) >= 11 is 1.18. The average Bonchev–Trinajstić information content (AvgIpc) is 2.95. The quantitative estimate of drug-likeness (QED) is 0.767. The summed E-state index contributed by atoms with van der Waals surface area (Å²) in [6, 6.07) is 9.12. The van der Waals surface area contributed by atoms with Crippen LogP contribution in [0.3, 0.4) is 0 Å². The third kappa shape index (κ3) is 4.11. The van der Waals surface area contributed by atoms with E-state index >= 15 is 0 Å². The monoisotopic (exact) mass is 349 g/mol. The smallest absolute Gasteiger partial charge is 0.238 e. The summed E-state index contributed by atoms with van der Waals surface area (Å²) in [6.45, 7) is 0. The molecule has 0 bridgehead atoms. The van der Waals surface area contributed by atoms with Gasteiger partial charge in [-0.25, -0.2) is 17.8 Å². The molecule has 1 aromatic carbocycles. The van der Waals surface area contributed by atoms with Crippen LogP contribution in [-0.2, 0) is 15.8 Å². The Hall–Kier alpha value is -2.32. The number of pyridine rings is 1. The minimum atomic E-state index is -3.66. The van der Waals surface area contributed by atoms with Crippen LogP contribution in [0.4, 0.5) is 9.52 Å². The Bertz CT molecular complexity index is 911. The summed E-state index contributed by atoms with van der Waals surface area (Å²) in [5.74, 6) is -0.780. The number of rotatable bonds is 5. The molecule has 3 aromatic rings. The summed E-state index contributed by atoms with van der Waals surface area (Å²) < 4.78 is 39.8. The first-order chi connectivity index (χ1) is 11.0. The number of sulfonamides is 1. The lowest BCUT2D eigenvalue weighted by Crippen LogP contribution is -2.15. The Kier molecular flexibility index (Phi) is 4.35. The van der Waals surface area contributed by atoms with E-state index in [9.17, 15) is 12.8 Å². The number of thiazole rings is 1. The van der Waals surface area contributed by atoms with Crippen molar-refractivity contribution >= 4 is 26.5 Å². The number of benzene rings is 1. The van der Waals surface area contributed by atoms with E-state index < -0.39 is 15.8 Å². The van der Waals surface area contributed by atoms with Crippen molar-refractivity contribution in [3.8, 4) is 11.3 Å². The molecule has 0 aliphatic heterocycles. The van der Waals surface area contributed by atoms with Gasteiger partial charge in [-0.15, -0.1) is 11.3 Å². The molecule has 0 saturated heterocycles. The highest BCUT2D eigenvalue weighted by atomic mass is 32.2. The maximum absolute atomic E-state index is 13.1. The largest absolute Gasteiger partial charge is 0.264 e. The van der Waals surface area contributed by atoms with Crippen molar-refractivity contribution < 1.29 is 12.8 Å². The lowest BCUT2D eigenvalue weighted by molar-refractivity contribution is 0.599. The first-order valence-corrected chi connectivity index (χ1v) is 9.16. The molecule has 0 aliphatic carbocycles. The van der Waals surface area contributed by atoms with Crippen molar-refractivity contribution in [3.05, 3.63) is 65.6 Å². The highest BCUT2D eigenvalue weighted by molar-refractivity contribution is 7.92. The average molecular weight is 349 g/mol. The summed E-state index contributed by atoms with van der Waals surface area (Å²) in [5.41, 5.74) is 1.83. The summed E-state index contributed by atoms with van der Waals surface area (Å²) in [6.07, 6.45) is 3.30. The third-order valence-electron chi connectivity index (χ3n) is 2.95. The first-order valence-electron chi connectivity index (χ1n) is 6.63. The molecule has 0 spiro atoms. The highest BCUT2D eigenvalue weighted by Crippen LogP contribution is 2.25. The summed E-state index contributed by atoms with van der Waals surface area (Å²) in [4.78, 5) is 8.24. The molecule has 0 atom stereocenters. The van der Waals surface area contributed by atoms with Crippen molar-refractivity contribution in [1.29, 1.82) is 0 Å². The van der Waals surface area contributed by atoms with Gasteiger partial charge in [0, 0.05) is 23.3 Å². The Balaban J connectivity index is 1.75. The fraction of sp³-hybridized carbons (Fsp3) is 0.0667. The number of hydrogen-bond donors (Lipinski definition) is 1. The fourth-order valence-electron chi connectivity index (χ4n) is 1.98. The third-order valence-corrected chi connectivity index (χ3v) is 5.05. The molecule has 0 amide bonds. The van der Waals surface area contributed by atoms with Gasteiger partial charge in [-0.3, -0.25) is 9.71 Å². The van der Waals surface area contributed by atoms with Crippen molar-refractivity contribution in [2.45, 2.75) is 5.75 Å². The summed E-state index contributed by atoms with van der Waals surface area (Å²) in [5, 5.41) is 2.01. The van der Waals surface area contributed by atoms with Crippen LogP contribution in [0.1, 0.15) is 5.56 Å². The number of halogens is 1. The van der Waals surface area contributed by atoms with Gasteiger partial charge in [-0.2, -0.15) is 0 Å². The first kappa shape index (κ1) is 15.6. The Morgan fingerprint density at radius 1 is 1.22 bits per heavy atom. The number of nitrogens with one attached hydrogen (secondary N) is 1. The van der Waals surface area contributed by atoms with Crippen molar-refractivity contribution in [2.24, 2.45) is 0 Å². The van der Waals surface area contributed by atoms with Gasteiger partial charge in [-0.05, 0) is 29.8 Å². The van der Waals surface area contributed by atoms with Crippen molar-refractivity contribution in [3.63, 3.8) is 0 Å². The van der Waals surface area contributed by atoms with E-state index in [1.165, 1.54) is 29.5 Å². The molecule has 8 heteroatoms. The Labute approximate surface area is 136 Å². The van der Waals surface area contributed by atoms with Gasteiger partial charge in [0.25, 0.3) is 0 Å².